The SMILES string of the molecule is O=C(CCNS(=O)(=O)c1ccc(F)c(F)c1)Nc1nc(CN2CCCCC2)cs1. The van der Waals surface area contributed by atoms with Crippen LogP contribution < -0.4 is 10.0 Å². The number of piperidine rings is 1. The monoisotopic (exact) mass is 444 g/mol. The number of sulfonamides is 1. The molecule has 2 heterocycles. The van der Waals surface area contributed by atoms with Crippen LogP contribution >= 0.6 is 11.3 Å². The molecule has 0 atom stereocenters. The molecular weight excluding hydrogens is 422 g/mol. The Bertz CT molecular complexity index is 960. The van der Waals surface area contributed by atoms with E-state index < -0.39 is 32.5 Å². The fraction of sp³-hybridized carbons (Fsp3) is 0.444. The van der Waals surface area contributed by atoms with E-state index in [9.17, 15) is 22.0 Å². The maximum Gasteiger partial charge on any atom is 0.240 e. The molecule has 3 rings (SSSR count). The lowest BCUT2D eigenvalue weighted by molar-refractivity contribution is -0.116. The van der Waals surface area contributed by atoms with Crippen molar-refractivity contribution in [1.29, 1.82) is 0 Å². The highest BCUT2D eigenvalue weighted by molar-refractivity contribution is 7.89. The van der Waals surface area contributed by atoms with Crippen LogP contribution in [0.15, 0.2) is 28.5 Å². The van der Waals surface area contributed by atoms with Gasteiger partial charge in [0.2, 0.25) is 15.9 Å². The van der Waals surface area contributed by atoms with Crippen LogP contribution in [-0.2, 0) is 21.4 Å². The molecule has 1 saturated heterocycles. The average Bonchev–Trinajstić information content (AvgIpc) is 3.11. The van der Waals surface area contributed by atoms with Crippen LogP contribution in [0.25, 0.3) is 0 Å². The van der Waals surface area contributed by atoms with Crippen LogP contribution in [0.4, 0.5) is 13.9 Å². The van der Waals surface area contributed by atoms with Crippen LogP contribution in [0, 0.1) is 11.6 Å². The summed E-state index contributed by atoms with van der Waals surface area (Å²) in [6, 6.07) is 2.29. The van der Waals surface area contributed by atoms with E-state index in [0.29, 0.717) is 11.2 Å². The predicted octanol–water partition coefficient (Wildman–Crippen LogP) is 2.71. The van der Waals surface area contributed by atoms with E-state index >= 15 is 0 Å². The molecule has 158 valence electrons. The number of halogens is 2. The van der Waals surface area contributed by atoms with Crippen molar-refractivity contribution in [1.82, 2.24) is 14.6 Å². The minimum Gasteiger partial charge on any atom is -0.302 e. The summed E-state index contributed by atoms with van der Waals surface area (Å²) >= 11 is 1.32. The van der Waals surface area contributed by atoms with Crippen LogP contribution in [0.1, 0.15) is 31.4 Å². The van der Waals surface area contributed by atoms with Gasteiger partial charge in [0, 0.05) is 24.9 Å². The maximum atomic E-state index is 13.2. The largest absolute Gasteiger partial charge is 0.302 e. The molecule has 0 saturated carbocycles. The van der Waals surface area contributed by atoms with Crippen molar-refractivity contribution < 1.29 is 22.0 Å². The molecule has 1 aliphatic heterocycles. The minimum atomic E-state index is -4.04. The molecule has 1 aromatic heterocycles. The molecule has 1 fully saturated rings. The smallest absolute Gasteiger partial charge is 0.240 e. The number of benzene rings is 1. The van der Waals surface area contributed by atoms with Gasteiger partial charge in [0.25, 0.3) is 0 Å². The summed E-state index contributed by atoms with van der Waals surface area (Å²) in [7, 11) is -4.04. The Hall–Kier alpha value is -1.95. The molecule has 1 aromatic carbocycles. The van der Waals surface area contributed by atoms with Gasteiger partial charge in [0.15, 0.2) is 16.8 Å². The number of amides is 1. The number of likely N-dealkylation sites (tertiary alicyclic amines) is 1. The van der Waals surface area contributed by atoms with Crippen molar-refractivity contribution in [3.63, 3.8) is 0 Å². The van der Waals surface area contributed by atoms with Gasteiger partial charge in [-0.25, -0.2) is 26.9 Å². The molecule has 2 aromatic rings. The van der Waals surface area contributed by atoms with Gasteiger partial charge in [-0.1, -0.05) is 6.42 Å². The number of anilines is 1. The van der Waals surface area contributed by atoms with Gasteiger partial charge in [-0.05, 0) is 44.1 Å². The molecule has 0 aliphatic carbocycles. The molecule has 0 spiro atoms. The number of aromatic nitrogens is 1. The third kappa shape index (κ3) is 6.26. The van der Waals surface area contributed by atoms with E-state index in [4.69, 9.17) is 0 Å². The third-order valence-electron chi connectivity index (χ3n) is 4.48. The number of carbonyl (C=O) groups is 1. The van der Waals surface area contributed by atoms with Crippen molar-refractivity contribution in [2.45, 2.75) is 37.1 Å². The summed E-state index contributed by atoms with van der Waals surface area (Å²) in [4.78, 5) is 18.4. The Kier molecular flexibility index (Phi) is 7.28. The molecule has 0 unspecified atom stereocenters. The number of nitrogens with zero attached hydrogens (tertiary/aromatic N) is 2. The van der Waals surface area contributed by atoms with Gasteiger partial charge in [-0.2, -0.15) is 0 Å². The second kappa shape index (κ2) is 9.70. The van der Waals surface area contributed by atoms with Crippen molar-refractivity contribution in [2.75, 3.05) is 25.0 Å². The number of nitrogens with one attached hydrogen (secondary N) is 2. The Morgan fingerprint density at radius 1 is 1.17 bits per heavy atom. The second-order valence-electron chi connectivity index (χ2n) is 6.75. The summed E-state index contributed by atoms with van der Waals surface area (Å²) in [5, 5.41) is 5.01. The molecule has 0 bridgehead atoms. The van der Waals surface area contributed by atoms with E-state index in [1.54, 1.807) is 0 Å². The number of thiazole rings is 1. The highest BCUT2D eigenvalue weighted by Gasteiger charge is 2.17. The number of hydrogen-bond acceptors (Lipinski definition) is 6. The number of hydrogen-bond donors (Lipinski definition) is 2. The van der Waals surface area contributed by atoms with E-state index in [1.807, 2.05) is 5.38 Å². The lowest BCUT2D eigenvalue weighted by Crippen LogP contribution is -2.29. The van der Waals surface area contributed by atoms with Gasteiger partial charge in [-0.3, -0.25) is 9.69 Å². The number of rotatable bonds is 8. The van der Waals surface area contributed by atoms with E-state index in [0.717, 1.165) is 37.5 Å². The van der Waals surface area contributed by atoms with Crippen LogP contribution in [0.3, 0.4) is 0 Å². The highest BCUT2D eigenvalue weighted by Crippen LogP contribution is 2.19. The fourth-order valence-electron chi connectivity index (χ4n) is 2.99. The topological polar surface area (TPSA) is 91.4 Å². The molecule has 2 N–H and O–H groups in total. The first-order chi connectivity index (χ1) is 13.8. The lowest BCUT2D eigenvalue weighted by atomic mass is 10.1. The molecule has 1 aliphatic rings. The molecule has 11 heteroatoms. The predicted molar refractivity (Wildman–Crippen MR) is 106 cm³/mol. The first kappa shape index (κ1) is 21.8. The first-order valence-electron chi connectivity index (χ1n) is 9.25. The molecule has 7 nitrogen and oxygen atoms in total. The fourth-order valence-corrected chi connectivity index (χ4v) is 4.75. The van der Waals surface area contributed by atoms with Gasteiger partial charge in [-0.15, -0.1) is 11.3 Å². The van der Waals surface area contributed by atoms with Crippen LogP contribution in [0.5, 0.6) is 0 Å². The summed E-state index contributed by atoms with van der Waals surface area (Å²) in [6.07, 6.45) is 3.51. The van der Waals surface area contributed by atoms with E-state index in [1.165, 1.54) is 30.6 Å². The third-order valence-corrected chi connectivity index (χ3v) is 6.74. The normalized spacial score (nSPS) is 15.4. The Morgan fingerprint density at radius 3 is 2.66 bits per heavy atom. The average molecular weight is 445 g/mol. The van der Waals surface area contributed by atoms with Crippen LogP contribution in [0.2, 0.25) is 0 Å². The highest BCUT2D eigenvalue weighted by atomic mass is 32.2. The van der Waals surface area contributed by atoms with Gasteiger partial charge in [0.05, 0.1) is 10.6 Å². The molecule has 1 amide bonds. The molecular formula is C18H22F2N4O3S2. The van der Waals surface area contributed by atoms with Crippen molar-refractivity contribution in [2.24, 2.45) is 0 Å². The summed E-state index contributed by atoms with van der Waals surface area (Å²) in [5.41, 5.74) is 0.895. The maximum absolute atomic E-state index is 13.2. The Morgan fingerprint density at radius 2 is 1.93 bits per heavy atom. The summed E-state index contributed by atoms with van der Waals surface area (Å²) < 4.78 is 52.5. The zero-order chi connectivity index (χ0) is 20.9. The zero-order valence-electron chi connectivity index (χ0n) is 15.7. The molecule has 29 heavy (non-hydrogen) atoms. The minimum absolute atomic E-state index is 0.121. The Balaban J connectivity index is 1.45. The first-order valence-corrected chi connectivity index (χ1v) is 11.6. The lowest BCUT2D eigenvalue weighted by Gasteiger charge is -2.25. The van der Waals surface area contributed by atoms with Crippen molar-refractivity contribution >= 4 is 32.4 Å². The standard InChI is InChI=1S/C18H22F2N4O3S2/c19-15-5-4-14(10-16(15)20)29(26,27)21-7-6-17(25)23-18-22-13(12-28-18)11-24-8-2-1-3-9-24/h4-5,10,12,21H,1-3,6-9,11H2,(H,22,23,25). The number of carbonyl (C=O) groups excluding carboxylic acids is 1. The Labute approximate surface area is 172 Å². The van der Waals surface area contributed by atoms with Gasteiger partial charge >= 0.3 is 0 Å². The zero-order valence-corrected chi connectivity index (χ0v) is 17.3. The summed E-state index contributed by atoms with van der Waals surface area (Å²) in [5.74, 6) is -2.78. The molecule has 0 radical (unpaired) electrons. The van der Waals surface area contributed by atoms with E-state index in [2.05, 4.69) is 19.9 Å². The van der Waals surface area contributed by atoms with Gasteiger partial charge < -0.3 is 5.32 Å². The van der Waals surface area contributed by atoms with Crippen molar-refractivity contribution in [3.8, 4) is 0 Å². The van der Waals surface area contributed by atoms with Crippen molar-refractivity contribution in [3.05, 3.63) is 40.9 Å². The second-order valence-corrected chi connectivity index (χ2v) is 9.38. The quantitative estimate of drug-likeness (QED) is 0.653. The summed E-state index contributed by atoms with van der Waals surface area (Å²) in [6.45, 7) is 2.67. The van der Waals surface area contributed by atoms with Crippen LogP contribution in [-0.4, -0.2) is 43.8 Å². The van der Waals surface area contributed by atoms with E-state index in [-0.39, 0.29) is 13.0 Å². The van der Waals surface area contributed by atoms with Gasteiger partial charge in [0.1, 0.15) is 0 Å².